The van der Waals surface area contributed by atoms with Gasteiger partial charge in [-0.3, -0.25) is 9.05 Å². The van der Waals surface area contributed by atoms with E-state index in [-0.39, 0.29) is 13.2 Å². The second-order valence-electron chi connectivity index (χ2n) is 12.0. The van der Waals surface area contributed by atoms with Gasteiger partial charge in [0, 0.05) is 0 Å². The van der Waals surface area contributed by atoms with Crippen LogP contribution in [0.3, 0.4) is 0 Å². The molecule has 2 atom stereocenters. The van der Waals surface area contributed by atoms with Crippen LogP contribution in [0.25, 0.3) is 0 Å². The van der Waals surface area contributed by atoms with Crippen molar-refractivity contribution in [2.75, 3.05) is 13.2 Å². The summed E-state index contributed by atoms with van der Waals surface area (Å²) in [4.78, 5) is 10.2. The van der Waals surface area contributed by atoms with E-state index in [0.717, 1.165) is 12.8 Å². The number of phosphoric acid groups is 1. The molecular weight excluding hydrogens is 559 g/mol. The van der Waals surface area contributed by atoms with Crippen LogP contribution in [-0.2, 0) is 26.5 Å². The van der Waals surface area contributed by atoms with E-state index in [2.05, 4.69) is 38.1 Å². The smallest absolute Gasteiger partial charge is 0.472 e. The zero-order valence-corrected chi connectivity index (χ0v) is 28.3. The van der Waals surface area contributed by atoms with Gasteiger partial charge in [-0.15, -0.1) is 0 Å². The fourth-order valence-electron chi connectivity index (χ4n) is 5.04. The molecule has 0 bridgehead atoms. The number of unbranched alkanes of at least 4 members (excludes halogenated alkanes) is 12. The molecule has 0 aliphatic carbocycles. The van der Waals surface area contributed by atoms with E-state index in [9.17, 15) is 9.46 Å². The molecule has 2 rings (SSSR count). The Morgan fingerprint density at radius 1 is 0.558 bits per heavy atom. The number of rotatable bonds is 26. The first-order valence-corrected chi connectivity index (χ1v) is 18.4. The summed E-state index contributed by atoms with van der Waals surface area (Å²) in [7, 11) is -4.27. The van der Waals surface area contributed by atoms with Crippen molar-refractivity contribution in [2.45, 2.75) is 143 Å². The van der Waals surface area contributed by atoms with E-state index in [1.165, 1.54) is 101 Å². The van der Waals surface area contributed by atoms with Crippen LogP contribution >= 0.6 is 7.82 Å². The van der Waals surface area contributed by atoms with E-state index in [4.69, 9.17) is 18.5 Å². The Morgan fingerprint density at radius 2 is 0.884 bits per heavy atom. The van der Waals surface area contributed by atoms with Crippen molar-refractivity contribution in [3.05, 3.63) is 59.7 Å². The van der Waals surface area contributed by atoms with Gasteiger partial charge < -0.3 is 14.4 Å². The van der Waals surface area contributed by atoms with Crippen LogP contribution in [0.1, 0.15) is 129 Å². The highest BCUT2D eigenvalue weighted by Crippen LogP contribution is 2.46. The predicted molar refractivity (Wildman–Crippen MR) is 178 cm³/mol. The van der Waals surface area contributed by atoms with Gasteiger partial charge in [-0.25, -0.2) is 4.57 Å². The van der Waals surface area contributed by atoms with E-state index in [1.54, 1.807) is 13.8 Å². The largest absolute Gasteiger partial charge is 0.491 e. The first-order valence-electron chi connectivity index (χ1n) is 16.9. The summed E-state index contributed by atoms with van der Waals surface area (Å²) in [6, 6.07) is 16.1. The molecular formula is C36H59O6P. The van der Waals surface area contributed by atoms with Crippen LogP contribution in [0.4, 0.5) is 0 Å². The Labute approximate surface area is 262 Å². The predicted octanol–water partition coefficient (Wildman–Crippen LogP) is 10.6. The molecule has 43 heavy (non-hydrogen) atoms. The Bertz CT molecular complexity index is 916. The Kier molecular flexibility index (Phi) is 19.6. The fraction of sp³-hybridized carbons (Fsp3) is 0.667. The summed E-state index contributed by atoms with van der Waals surface area (Å²) in [5.74, 6) is 1.42. The molecule has 2 unspecified atom stereocenters. The maximum absolute atomic E-state index is 12.5. The number of hydrogen-bond donors (Lipinski definition) is 1. The third-order valence-corrected chi connectivity index (χ3v) is 8.83. The molecule has 0 aliphatic rings. The van der Waals surface area contributed by atoms with Crippen molar-refractivity contribution in [1.29, 1.82) is 0 Å². The summed E-state index contributed by atoms with van der Waals surface area (Å²) in [6.45, 7) is 8.16. The number of aryl methyl sites for hydroxylation is 2. The molecule has 2 aromatic rings. The highest BCUT2D eigenvalue weighted by atomic mass is 31.2. The van der Waals surface area contributed by atoms with Crippen molar-refractivity contribution in [3.63, 3.8) is 0 Å². The minimum atomic E-state index is -4.27. The van der Waals surface area contributed by atoms with Crippen LogP contribution in [0.5, 0.6) is 11.5 Å². The number of hydrogen-bond acceptors (Lipinski definition) is 5. The third-order valence-electron chi connectivity index (χ3n) is 7.58. The van der Waals surface area contributed by atoms with E-state index >= 15 is 0 Å². The Hall–Kier alpha value is -1.85. The van der Waals surface area contributed by atoms with Crippen LogP contribution in [0, 0.1) is 0 Å². The second kappa shape index (κ2) is 22.6. The SMILES string of the molecule is CCCCCCCCCc1ccc(OCC(C)OP(=O)(O)OC(C)COc2ccc(CCCCCCCCC)cc2)cc1. The first-order chi connectivity index (χ1) is 20.8. The summed E-state index contributed by atoms with van der Waals surface area (Å²) < 4.78 is 34.7. The normalized spacial score (nSPS) is 14.3. The molecule has 6 nitrogen and oxygen atoms in total. The Morgan fingerprint density at radius 3 is 1.23 bits per heavy atom. The highest BCUT2D eigenvalue weighted by Gasteiger charge is 2.28. The molecule has 0 amide bonds. The third kappa shape index (κ3) is 18.5. The van der Waals surface area contributed by atoms with Crippen molar-refractivity contribution < 1.29 is 28.0 Å². The minimum Gasteiger partial charge on any atom is -0.491 e. The van der Waals surface area contributed by atoms with Gasteiger partial charge in [-0.05, 0) is 74.9 Å². The highest BCUT2D eigenvalue weighted by molar-refractivity contribution is 7.47. The lowest BCUT2D eigenvalue weighted by molar-refractivity contribution is 0.0498. The lowest BCUT2D eigenvalue weighted by Crippen LogP contribution is -2.21. The molecule has 0 heterocycles. The number of benzene rings is 2. The molecule has 1 N–H and O–H groups in total. The van der Waals surface area contributed by atoms with Crippen LogP contribution in [0.15, 0.2) is 48.5 Å². The van der Waals surface area contributed by atoms with Gasteiger partial charge in [0.05, 0.1) is 0 Å². The minimum absolute atomic E-state index is 0.140. The molecule has 0 aromatic heterocycles. The van der Waals surface area contributed by atoms with Crippen LogP contribution < -0.4 is 9.47 Å². The standard InChI is InChI=1S/C36H59O6P/c1-5-7-9-11-13-15-17-19-33-21-25-35(26-22-33)39-29-31(3)41-43(37,38)42-32(4)30-40-36-27-23-34(24-28-36)20-18-16-14-12-10-8-6-2/h21-28,31-32H,5-20,29-30H2,1-4H3,(H,37,38). The van der Waals surface area contributed by atoms with Gasteiger partial charge in [0.15, 0.2) is 0 Å². The van der Waals surface area contributed by atoms with E-state index < -0.39 is 20.0 Å². The lowest BCUT2D eigenvalue weighted by Gasteiger charge is -2.21. The van der Waals surface area contributed by atoms with E-state index in [0.29, 0.717) is 11.5 Å². The summed E-state index contributed by atoms with van der Waals surface area (Å²) in [6.07, 6.45) is 19.1. The topological polar surface area (TPSA) is 74.2 Å². The molecule has 0 aliphatic heterocycles. The summed E-state index contributed by atoms with van der Waals surface area (Å²) in [5.41, 5.74) is 2.60. The van der Waals surface area contributed by atoms with Gasteiger partial charge in [0.25, 0.3) is 0 Å². The van der Waals surface area contributed by atoms with E-state index in [1.807, 2.05) is 24.3 Å². The summed E-state index contributed by atoms with van der Waals surface area (Å²) >= 11 is 0. The van der Waals surface area contributed by atoms with Gasteiger partial charge in [-0.1, -0.05) is 115 Å². The number of phosphoric ester groups is 1. The molecule has 0 radical (unpaired) electrons. The van der Waals surface area contributed by atoms with Gasteiger partial charge >= 0.3 is 7.82 Å². The Balaban J connectivity index is 1.60. The molecule has 0 fully saturated rings. The van der Waals surface area contributed by atoms with Crippen molar-refractivity contribution in [1.82, 2.24) is 0 Å². The first kappa shape index (κ1) is 37.3. The van der Waals surface area contributed by atoms with Gasteiger partial charge in [-0.2, -0.15) is 0 Å². The molecule has 0 spiro atoms. The second-order valence-corrected chi connectivity index (χ2v) is 13.3. The average Bonchev–Trinajstić information content (AvgIpc) is 2.99. The van der Waals surface area contributed by atoms with Crippen molar-refractivity contribution in [3.8, 4) is 11.5 Å². The molecule has 7 heteroatoms. The molecule has 244 valence electrons. The fourth-order valence-corrected chi connectivity index (χ4v) is 6.13. The van der Waals surface area contributed by atoms with Crippen LogP contribution in [-0.4, -0.2) is 30.3 Å². The quantitative estimate of drug-likeness (QED) is 0.0835. The number of ether oxygens (including phenoxy) is 2. The van der Waals surface area contributed by atoms with Crippen molar-refractivity contribution >= 4 is 7.82 Å². The summed E-state index contributed by atoms with van der Waals surface area (Å²) in [5, 5.41) is 0. The molecule has 0 saturated heterocycles. The lowest BCUT2D eigenvalue weighted by atomic mass is 10.0. The molecule has 0 saturated carbocycles. The maximum atomic E-state index is 12.5. The maximum Gasteiger partial charge on any atom is 0.472 e. The average molecular weight is 619 g/mol. The van der Waals surface area contributed by atoms with Gasteiger partial charge in [0.1, 0.15) is 36.9 Å². The van der Waals surface area contributed by atoms with Gasteiger partial charge in [0.2, 0.25) is 0 Å². The molecule has 2 aromatic carbocycles. The van der Waals surface area contributed by atoms with Crippen molar-refractivity contribution in [2.24, 2.45) is 0 Å². The zero-order valence-electron chi connectivity index (χ0n) is 27.4. The zero-order chi connectivity index (χ0) is 31.2. The monoisotopic (exact) mass is 618 g/mol. The van der Waals surface area contributed by atoms with Crippen LogP contribution in [0.2, 0.25) is 0 Å².